The summed E-state index contributed by atoms with van der Waals surface area (Å²) in [5.74, 6) is 1.04. The number of pyridine rings is 1. The van der Waals surface area contributed by atoms with E-state index < -0.39 is 0 Å². The van der Waals surface area contributed by atoms with Gasteiger partial charge < -0.3 is 14.9 Å². The van der Waals surface area contributed by atoms with Crippen molar-refractivity contribution in [2.75, 3.05) is 24.5 Å². The van der Waals surface area contributed by atoms with Gasteiger partial charge in [0.1, 0.15) is 11.6 Å². The van der Waals surface area contributed by atoms with Gasteiger partial charge in [-0.05, 0) is 44.2 Å². The quantitative estimate of drug-likeness (QED) is 0.925. The average molecular weight is 311 g/mol. The van der Waals surface area contributed by atoms with E-state index in [1.54, 1.807) is 18.2 Å². The molecule has 1 aliphatic heterocycles. The summed E-state index contributed by atoms with van der Waals surface area (Å²) in [7, 11) is 0. The zero-order valence-corrected chi connectivity index (χ0v) is 13.4. The highest BCUT2D eigenvalue weighted by Crippen LogP contribution is 2.20. The van der Waals surface area contributed by atoms with Crippen LogP contribution in [0.1, 0.15) is 23.0 Å². The molecule has 0 bridgehead atoms. The van der Waals surface area contributed by atoms with Crippen LogP contribution in [-0.4, -0.2) is 46.6 Å². The molecule has 0 spiro atoms. The van der Waals surface area contributed by atoms with Gasteiger partial charge in [0.05, 0.1) is 0 Å². The molecule has 1 saturated heterocycles. The van der Waals surface area contributed by atoms with Crippen molar-refractivity contribution < 1.29 is 9.90 Å². The molecular formula is C18H21N3O2. The summed E-state index contributed by atoms with van der Waals surface area (Å²) in [5.41, 5.74) is 1.52. The first-order valence-corrected chi connectivity index (χ1v) is 7.83. The van der Waals surface area contributed by atoms with Crippen LogP contribution in [0.5, 0.6) is 5.75 Å². The molecule has 2 heterocycles. The fraction of sp³-hybridized carbons (Fsp3) is 0.333. The van der Waals surface area contributed by atoms with Gasteiger partial charge in [-0.3, -0.25) is 4.79 Å². The van der Waals surface area contributed by atoms with Crippen LogP contribution in [0.15, 0.2) is 42.5 Å². The van der Waals surface area contributed by atoms with Crippen molar-refractivity contribution >= 4 is 11.7 Å². The Kier molecular flexibility index (Phi) is 4.19. The van der Waals surface area contributed by atoms with E-state index >= 15 is 0 Å². The molecule has 0 saturated carbocycles. The van der Waals surface area contributed by atoms with E-state index in [1.165, 1.54) is 6.07 Å². The highest BCUT2D eigenvalue weighted by Gasteiger charge is 2.28. The zero-order chi connectivity index (χ0) is 16.4. The molecule has 23 heavy (non-hydrogen) atoms. The number of carbonyl (C=O) groups excluding carboxylic acids is 1. The van der Waals surface area contributed by atoms with Crippen molar-refractivity contribution in [3.63, 3.8) is 0 Å². The second-order valence-electron chi connectivity index (χ2n) is 5.98. The number of phenolic OH excluding ortho intramolecular Hbond substituents is 1. The molecule has 0 radical (unpaired) electrons. The third kappa shape index (κ3) is 3.28. The molecule has 1 unspecified atom stereocenters. The molecule has 5 heteroatoms. The number of aromatic hydroxyl groups is 1. The number of anilines is 1. The molecule has 2 aromatic rings. The van der Waals surface area contributed by atoms with Gasteiger partial charge in [0.15, 0.2) is 0 Å². The van der Waals surface area contributed by atoms with E-state index in [9.17, 15) is 9.90 Å². The fourth-order valence-electron chi connectivity index (χ4n) is 2.98. The molecule has 120 valence electrons. The van der Waals surface area contributed by atoms with Gasteiger partial charge >= 0.3 is 0 Å². The van der Waals surface area contributed by atoms with Crippen molar-refractivity contribution in [1.29, 1.82) is 0 Å². The summed E-state index contributed by atoms with van der Waals surface area (Å²) in [5, 5.41) is 9.56. The molecule has 1 atom stereocenters. The topological polar surface area (TPSA) is 56.7 Å². The van der Waals surface area contributed by atoms with Crippen LogP contribution >= 0.6 is 0 Å². The Morgan fingerprint density at radius 3 is 2.70 bits per heavy atom. The van der Waals surface area contributed by atoms with E-state index in [4.69, 9.17) is 0 Å². The van der Waals surface area contributed by atoms with E-state index in [0.717, 1.165) is 24.6 Å². The molecule has 1 amide bonds. The number of rotatable bonds is 2. The predicted octanol–water partition coefficient (Wildman–Crippen LogP) is 2.45. The van der Waals surface area contributed by atoms with E-state index in [-0.39, 0.29) is 17.7 Å². The highest BCUT2D eigenvalue weighted by molar-refractivity contribution is 5.95. The summed E-state index contributed by atoms with van der Waals surface area (Å²) in [6, 6.07) is 12.6. The van der Waals surface area contributed by atoms with Gasteiger partial charge in [0.2, 0.25) is 0 Å². The van der Waals surface area contributed by atoms with Crippen molar-refractivity contribution in [2.24, 2.45) is 0 Å². The number of piperazine rings is 1. The van der Waals surface area contributed by atoms with Gasteiger partial charge in [-0.2, -0.15) is 0 Å². The largest absolute Gasteiger partial charge is 0.508 e. The number of phenols is 1. The Balaban J connectivity index is 1.72. The molecule has 1 fully saturated rings. The van der Waals surface area contributed by atoms with Crippen LogP contribution in [0, 0.1) is 6.92 Å². The summed E-state index contributed by atoms with van der Waals surface area (Å²) < 4.78 is 0. The van der Waals surface area contributed by atoms with Crippen molar-refractivity contribution in [2.45, 2.75) is 19.9 Å². The lowest BCUT2D eigenvalue weighted by molar-refractivity contribution is 0.0673. The number of carbonyl (C=O) groups is 1. The van der Waals surface area contributed by atoms with E-state index in [2.05, 4.69) is 9.88 Å². The van der Waals surface area contributed by atoms with Gasteiger partial charge in [0, 0.05) is 36.9 Å². The predicted molar refractivity (Wildman–Crippen MR) is 89.8 cm³/mol. The monoisotopic (exact) mass is 311 g/mol. The summed E-state index contributed by atoms with van der Waals surface area (Å²) in [4.78, 5) is 21.3. The Hall–Kier alpha value is -2.56. The maximum absolute atomic E-state index is 12.6. The Morgan fingerprint density at radius 2 is 2.00 bits per heavy atom. The van der Waals surface area contributed by atoms with Crippen LogP contribution in [-0.2, 0) is 0 Å². The Labute approximate surface area is 136 Å². The van der Waals surface area contributed by atoms with Gasteiger partial charge in [-0.15, -0.1) is 0 Å². The van der Waals surface area contributed by atoms with Crippen LogP contribution < -0.4 is 4.90 Å². The second-order valence-corrected chi connectivity index (χ2v) is 5.98. The lowest BCUT2D eigenvalue weighted by atomic mass is 10.1. The molecule has 1 aromatic carbocycles. The molecule has 1 aliphatic rings. The van der Waals surface area contributed by atoms with Crippen molar-refractivity contribution in [3.8, 4) is 5.75 Å². The maximum Gasteiger partial charge on any atom is 0.254 e. The molecule has 0 aliphatic carbocycles. The zero-order valence-electron chi connectivity index (χ0n) is 13.4. The number of amides is 1. The maximum atomic E-state index is 12.6. The van der Waals surface area contributed by atoms with Crippen LogP contribution in [0.25, 0.3) is 0 Å². The molecule has 3 rings (SSSR count). The van der Waals surface area contributed by atoms with Crippen LogP contribution in [0.2, 0.25) is 0 Å². The second kappa shape index (κ2) is 6.28. The molecule has 1 N–H and O–H groups in total. The highest BCUT2D eigenvalue weighted by atomic mass is 16.3. The minimum absolute atomic E-state index is 0.0368. The SMILES string of the molecule is Cc1cccc(N2CCN(C(=O)c3cccc(O)c3)C(C)C2)n1. The van der Waals surface area contributed by atoms with Gasteiger partial charge in [-0.25, -0.2) is 4.98 Å². The average Bonchev–Trinajstić information content (AvgIpc) is 2.54. The first kappa shape index (κ1) is 15.3. The summed E-state index contributed by atoms with van der Waals surface area (Å²) in [6.07, 6.45) is 0. The van der Waals surface area contributed by atoms with E-state index in [0.29, 0.717) is 12.1 Å². The van der Waals surface area contributed by atoms with Crippen molar-refractivity contribution in [3.05, 3.63) is 53.7 Å². The number of nitrogens with zero attached hydrogens (tertiary/aromatic N) is 3. The molecular weight excluding hydrogens is 290 g/mol. The standard InChI is InChI=1S/C18H21N3O2/c1-13-5-3-8-17(19-13)20-9-10-21(14(2)12-20)18(23)15-6-4-7-16(22)11-15/h3-8,11,14,22H,9-10,12H2,1-2H3. The number of hydrogen-bond acceptors (Lipinski definition) is 4. The first-order chi connectivity index (χ1) is 11.0. The minimum Gasteiger partial charge on any atom is -0.508 e. The van der Waals surface area contributed by atoms with Gasteiger partial charge in [0.25, 0.3) is 5.91 Å². The number of hydrogen-bond donors (Lipinski definition) is 1. The van der Waals surface area contributed by atoms with Crippen LogP contribution in [0.3, 0.4) is 0 Å². The van der Waals surface area contributed by atoms with E-state index in [1.807, 2.05) is 36.9 Å². The van der Waals surface area contributed by atoms with Crippen molar-refractivity contribution in [1.82, 2.24) is 9.88 Å². The Bertz CT molecular complexity index is 717. The number of benzene rings is 1. The van der Waals surface area contributed by atoms with Crippen LogP contribution in [0.4, 0.5) is 5.82 Å². The molecule has 5 nitrogen and oxygen atoms in total. The number of aromatic nitrogens is 1. The third-order valence-corrected chi connectivity index (χ3v) is 4.18. The Morgan fingerprint density at radius 1 is 1.22 bits per heavy atom. The third-order valence-electron chi connectivity index (χ3n) is 4.18. The number of aryl methyl sites for hydroxylation is 1. The van der Waals surface area contributed by atoms with Gasteiger partial charge in [-0.1, -0.05) is 12.1 Å². The lowest BCUT2D eigenvalue weighted by Gasteiger charge is -2.40. The summed E-state index contributed by atoms with van der Waals surface area (Å²) >= 11 is 0. The minimum atomic E-state index is -0.0368. The normalized spacial score (nSPS) is 18.1. The lowest BCUT2D eigenvalue weighted by Crippen LogP contribution is -2.54. The smallest absolute Gasteiger partial charge is 0.254 e. The summed E-state index contributed by atoms with van der Waals surface area (Å²) in [6.45, 7) is 6.18. The fourth-order valence-corrected chi connectivity index (χ4v) is 2.98. The molecule has 1 aromatic heterocycles. The first-order valence-electron chi connectivity index (χ1n) is 7.83.